The smallest absolute Gasteiger partial charge is 0.194 e. The number of hydrogen-bond acceptors (Lipinski definition) is 4. The van der Waals surface area contributed by atoms with Crippen LogP contribution in [0.1, 0.15) is 38.3 Å². The molecule has 0 spiro atoms. The third-order valence-corrected chi connectivity index (χ3v) is 7.15. The molecule has 3 unspecified atom stereocenters. The molecule has 148 valence electrons. The number of benzene rings is 2. The molecule has 6 heteroatoms. The fraction of sp³-hybridized carbons (Fsp3) is 0.364. The van der Waals surface area contributed by atoms with Crippen LogP contribution in [0, 0.1) is 0 Å². The highest BCUT2D eigenvalue weighted by atomic mass is 32.2. The minimum atomic E-state index is -1.30. The van der Waals surface area contributed by atoms with E-state index in [2.05, 4.69) is 37.2 Å². The summed E-state index contributed by atoms with van der Waals surface area (Å²) in [7, 11) is 0.781. The third kappa shape index (κ3) is 4.03. The fourth-order valence-corrected chi connectivity index (χ4v) is 4.75. The van der Waals surface area contributed by atoms with E-state index in [0.717, 1.165) is 23.2 Å². The van der Waals surface area contributed by atoms with Gasteiger partial charge in [-0.25, -0.2) is 4.99 Å². The summed E-state index contributed by atoms with van der Waals surface area (Å²) in [5.74, 6) is 0.399. The third-order valence-electron chi connectivity index (χ3n) is 5.45. The Bertz CT molecular complexity index is 913. The van der Waals surface area contributed by atoms with Gasteiger partial charge >= 0.3 is 0 Å². The average Bonchev–Trinajstić information content (AvgIpc) is 3.04. The molecule has 1 aliphatic heterocycles. The first-order valence-electron chi connectivity index (χ1n) is 9.52. The van der Waals surface area contributed by atoms with Crippen LogP contribution in [-0.2, 0) is 22.1 Å². The van der Waals surface area contributed by atoms with E-state index in [9.17, 15) is 4.21 Å². The molecule has 3 atom stereocenters. The lowest BCUT2D eigenvalue weighted by atomic mass is 9.93. The number of nitrogens with zero attached hydrogens (tertiary/aromatic N) is 2. The molecule has 2 aromatic carbocycles. The summed E-state index contributed by atoms with van der Waals surface area (Å²) in [5.41, 5.74) is 2.48. The lowest BCUT2D eigenvalue weighted by Gasteiger charge is -2.28. The van der Waals surface area contributed by atoms with E-state index in [1.165, 1.54) is 0 Å². The summed E-state index contributed by atoms with van der Waals surface area (Å²) in [6, 6.07) is 18.4. The molecule has 0 saturated carbocycles. The topological polar surface area (TPSA) is 44.7 Å². The fourth-order valence-electron chi connectivity index (χ4n) is 3.26. The Morgan fingerprint density at radius 1 is 1.18 bits per heavy atom. The van der Waals surface area contributed by atoms with Gasteiger partial charge in [0, 0.05) is 18.8 Å². The van der Waals surface area contributed by atoms with Crippen molar-refractivity contribution < 1.29 is 4.21 Å². The van der Waals surface area contributed by atoms with Gasteiger partial charge in [0.15, 0.2) is 5.17 Å². The summed E-state index contributed by atoms with van der Waals surface area (Å²) in [5, 5.41) is 3.57. The van der Waals surface area contributed by atoms with E-state index >= 15 is 0 Å². The summed E-state index contributed by atoms with van der Waals surface area (Å²) in [6.07, 6.45) is 1.05. The van der Waals surface area contributed by atoms with Crippen LogP contribution in [0.15, 0.2) is 59.6 Å². The minimum Gasteiger partial charge on any atom is -0.372 e. The van der Waals surface area contributed by atoms with E-state index in [4.69, 9.17) is 17.2 Å². The van der Waals surface area contributed by atoms with Gasteiger partial charge in [0.25, 0.3) is 0 Å². The van der Waals surface area contributed by atoms with E-state index in [-0.39, 0.29) is 0 Å². The van der Waals surface area contributed by atoms with Gasteiger partial charge in [0.2, 0.25) is 0 Å². The summed E-state index contributed by atoms with van der Waals surface area (Å²) < 4.78 is 13.1. The van der Waals surface area contributed by atoms with Crippen LogP contribution < -0.4 is 10.2 Å². The monoisotopic (exact) mass is 413 g/mol. The quantitative estimate of drug-likeness (QED) is 0.714. The molecular formula is C22H27N3OS2. The molecule has 0 aromatic heterocycles. The molecule has 0 fully saturated rings. The predicted molar refractivity (Wildman–Crippen MR) is 123 cm³/mol. The molecule has 0 amide bonds. The van der Waals surface area contributed by atoms with Crippen LogP contribution in [0.3, 0.4) is 0 Å². The van der Waals surface area contributed by atoms with Crippen molar-refractivity contribution >= 4 is 38.9 Å². The molecule has 0 saturated heterocycles. The maximum absolute atomic E-state index is 13.1. The van der Waals surface area contributed by atoms with Crippen molar-refractivity contribution in [3.05, 3.63) is 65.7 Å². The Labute approximate surface area is 175 Å². The second-order valence-electron chi connectivity index (χ2n) is 7.30. The summed E-state index contributed by atoms with van der Waals surface area (Å²) >= 11 is 5.55. The standard InChI is InChI=1S/C22H27N3OS2/c1-5-16(2)25(4)19-14-10-9-11-17(19)15-28(26)21-23-20(27)22(3,24-21)18-12-7-6-8-13-18/h6-14,16H,5,15H2,1-4H3,(H,23,24,27). The van der Waals surface area contributed by atoms with Crippen molar-refractivity contribution in [2.24, 2.45) is 4.99 Å². The number of rotatable bonds is 6. The summed E-state index contributed by atoms with van der Waals surface area (Å²) in [4.78, 5) is 7.58. The van der Waals surface area contributed by atoms with Crippen LogP contribution >= 0.6 is 12.2 Å². The van der Waals surface area contributed by atoms with Crippen molar-refractivity contribution in [1.29, 1.82) is 0 Å². The van der Waals surface area contributed by atoms with Gasteiger partial charge in [-0.05, 0) is 37.5 Å². The first-order chi connectivity index (χ1) is 13.4. The van der Waals surface area contributed by atoms with Gasteiger partial charge in [-0.2, -0.15) is 0 Å². The van der Waals surface area contributed by atoms with Gasteiger partial charge in [-0.1, -0.05) is 67.7 Å². The Balaban J connectivity index is 1.85. The number of aliphatic imine (C=N–C) groups is 1. The number of amidine groups is 1. The van der Waals surface area contributed by atoms with E-state index in [1.54, 1.807) is 0 Å². The largest absolute Gasteiger partial charge is 0.372 e. The van der Waals surface area contributed by atoms with Gasteiger partial charge in [0.1, 0.15) is 10.5 Å². The van der Waals surface area contributed by atoms with Crippen molar-refractivity contribution in [2.75, 3.05) is 11.9 Å². The molecular weight excluding hydrogens is 386 g/mol. The van der Waals surface area contributed by atoms with Crippen molar-refractivity contribution in [2.45, 2.75) is 44.5 Å². The number of para-hydroxylation sites is 1. The molecule has 0 aliphatic carbocycles. The second-order valence-corrected chi connectivity index (χ2v) is 9.07. The zero-order valence-corrected chi connectivity index (χ0v) is 18.4. The van der Waals surface area contributed by atoms with Gasteiger partial charge in [-0.15, -0.1) is 0 Å². The Morgan fingerprint density at radius 3 is 2.50 bits per heavy atom. The molecule has 0 bridgehead atoms. The first kappa shape index (κ1) is 20.7. The summed E-state index contributed by atoms with van der Waals surface area (Å²) in [6.45, 7) is 6.33. The van der Waals surface area contributed by atoms with Crippen LogP contribution in [0.4, 0.5) is 5.69 Å². The highest BCUT2D eigenvalue weighted by Gasteiger charge is 2.38. The lowest BCUT2D eigenvalue weighted by Crippen LogP contribution is -2.34. The highest BCUT2D eigenvalue weighted by Crippen LogP contribution is 2.31. The molecule has 1 aliphatic rings. The number of nitrogens with one attached hydrogen (secondary N) is 1. The maximum atomic E-state index is 13.1. The van der Waals surface area contributed by atoms with Crippen LogP contribution in [0.25, 0.3) is 0 Å². The van der Waals surface area contributed by atoms with Crippen LogP contribution in [0.2, 0.25) is 0 Å². The molecule has 4 nitrogen and oxygen atoms in total. The highest BCUT2D eigenvalue weighted by molar-refractivity contribution is 8.00. The van der Waals surface area contributed by atoms with Crippen LogP contribution in [0.5, 0.6) is 0 Å². The molecule has 28 heavy (non-hydrogen) atoms. The number of hydrogen-bond donors (Lipinski definition) is 1. The van der Waals surface area contributed by atoms with Crippen molar-refractivity contribution in [3.63, 3.8) is 0 Å². The molecule has 3 rings (SSSR count). The molecule has 2 aromatic rings. The Kier molecular flexibility index (Phi) is 6.30. The van der Waals surface area contributed by atoms with E-state index in [1.807, 2.05) is 55.5 Å². The van der Waals surface area contributed by atoms with E-state index < -0.39 is 16.3 Å². The van der Waals surface area contributed by atoms with Gasteiger partial charge in [-0.3, -0.25) is 4.21 Å². The Morgan fingerprint density at radius 2 is 1.82 bits per heavy atom. The second kappa shape index (κ2) is 8.53. The van der Waals surface area contributed by atoms with E-state index in [0.29, 0.717) is 22.0 Å². The van der Waals surface area contributed by atoms with Gasteiger partial charge in [0.05, 0.1) is 16.6 Å². The van der Waals surface area contributed by atoms with Crippen LogP contribution in [-0.4, -0.2) is 27.5 Å². The predicted octanol–water partition coefficient (Wildman–Crippen LogP) is 4.37. The number of thiocarbonyl (C=S) groups is 1. The van der Waals surface area contributed by atoms with Crippen molar-refractivity contribution in [1.82, 2.24) is 5.32 Å². The minimum absolute atomic E-state index is 0.399. The zero-order chi connectivity index (χ0) is 20.3. The Hall–Kier alpha value is -2.05. The molecule has 1 N–H and O–H groups in total. The average molecular weight is 414 g/mol. The lowest BCUT2D eigenvalue weighted by molar-refractivity contribution is 0.661. The zero-order valence-electron chi connectivity index (χ0n) is 16.8. The maximum Gasteiger partial charge on any atom is 0.194 e. The SMILES string of the molecule is CCC(C)N(C)c1ccccc1CS(=O)C1=NC(C)(c2ccccc2)C(=S)N1. The molecule has 0 radical (unpaired) electrons. The first-order valence-corrected chi connectivity index (χ1v) is 11.3. The van der Waals surface area contributed by atoms with Crippen molar-refractivity contribution in [3.8, 4) is 0 Å². The number of anilines is 1. The molecule has 1 heterocycles. The normalized spacial score (nSPS) is 21.0. The van der Waals surface area contributed by atoms with Gasteiger partial charge < -0.3 is 10.2 Å².